The zero-order valence-corrected chi connectivity index (χ0v) is 15.1. The predicted octanol–water partition coefficient (Wildman–Crippen LogP) is 3.89. The third-order valence-electron chi connectivity index (χ3n) is 3.95. The highest BCUT2D eigenvalue weighted by Gasteiger charge is 2.25. The number of nitrogens with zero attached hydrogens (tertiary/aromatic N) is 1. The van der Waals surface area contributed by atoms with E-state index in [9.17, 15) is 4.79 Å². The lowest BCUT2D eigenvalue weighted by Gasteiger charge is -2.17. The van der Waals surface area contributed by atoms with Crippen LogP contribution in [0.4, 0.5) is 0 Å². The summed E-state index contributed by atoms with van der Waals surface area (Å²) in [5, 5.41) is 6.98. The molecule has 1 N–H and O–H groups in total. The molecular weight excluding hydrogens is 304 g/mol. The molecule has 130 valence electrons. The summed E-state index contributed by atoms with van der Waals surface area (Å²) in [6, 6.07) is 7.77. The SMILES string of the molecule is CCC(C(=O)NCc1ccccc1OC(C)C)c1c(C)noc1C. The highest BCUT2D eigenvalue weighted by atomic mass is 16.5. The van der Waals surface area contributed by atoms with Gasteiger partial charge in [0.15, 0.2) is 0 Å². The van der Waals surface area contributed by atoms with Crippen molar-refractivity contribution in [3.8, 4) is 5.75 Å². The van der Waals surface area contributed by atoms with E-state index in [0.29, 0.717) is 18.7 Å². The lowest BCUT2D eigenvalue weighted by Crippen LogP contribution is -2.29. The van der Waals surface area contributed by atoms with Crippen molar-refractivity contribution in [2.75, 3.05) is 0 Å². The largest absolute Gasteiger partial charge is 0.491 e. The minimum absolute atomic E-state index is 0.0220. The second kappa shape index (κ2) is 7.99. The van der Waals surface area contributed by atoms with E-state index in [2.05, 4.69) is 10.5 Å². The fraction of sp³-hybridized carbons (Fsp3) is 0.474. The molecule has 24 heavy (non-hydrogen) atoms. The van der Waals surface area contributed by atoms with Crippen molar-refractivity contribution in [3.05, 3.63) is 46.8 Å². The number of amides is 1. The summed E-state index contributed by atoms with van der Waals surface area (Å²) in [7, 11) is 0. The van der Waals surface area contributed by atoms with Gasteiger partial charge in [0.05, 0.1) is 17.7 Å². The van der Waals surface area contributed by atoms with Crippen LogP contribution >= 0.6 is 0 Å². The fourth-order valence-electron chi connectivity index (χ4n) is 2.83. The molecule has 0 saturated carbocycles. The molecule has 0 saturated heterocycles. The minimum Gasteiger partial charge on any atom is -0.491 e. The summed E-state index contributed by atoms with van der Waals surface area (Å²) < 4.78 is 11.0. The third-order valence-corrected chi connectivity index (χ3v) is 3.95. The van der Waals surface area contributed by atoms with Crippen LogP contribution in [0.2, 0.25) is 0 Å². The summed E-state index contributed by atoms with van der Waals surface area (Å²) in [6.07, 6.45) is 0.784. The van der Waals surface area contributed by atoms with Crippen LogP contribution in [0.15, 0.2) is 28.8 Å². The average molecular weight is 330 g/mol. The molecule has 0 radical (unpaired) electrons. The zero-order chi connectivity index (χ0) is 17.7. The Kier molecular flexibility index (Phi) is 6.01. The number of nitrogens with one attached hydrogen (secondary N) is 1. The van der Waals surface area contributed by atoms with Crippen molar-refractivity contribution in [2.45, 2.75) is 59.6 Å². The van der Waals surface area contributed by atoms with E-state index >= 15 is 0 Å². The Morgan fingerprint density at radius 1 is 1.29 bits per heavy atom. The maximum Gasteiger partial charge on any atom is 0.228 e. The van der Waals surface area contributed by atoms with Crippen molar-refractivity contribution in [3.63, 3.8) is 0 Å². The van der Waals surface area contributed by atoms with Gasteiger partial charge in [0.25, 0.3) is 0 Å². The molecule has 0 spiro atoms. The van der Waals surface area contributed by atoms with E-state index in [1.165, 1.54) is 0 Å². The molecule has 0 bridgehead atoms. The number of para-hydroxylation sites is 1. The van der Waals surface area contributed by atoms with Gasteiger partial charge in [-0.25, -0.2) is 0 Å². The molecule has 0 aliphatic heterocycles. The van der Waals surface area contributed by atoms with Crippen molar-refractivity contribution >= 4 is 5.91 Å². The summed E-state index contributed by atoms with van der Waals surface area (Å²) in [5.74, 6) is 1.23. The summed E-state index contributed by atoms with van der Waals surface area (Å²) in [5.41, 5.74) is 2.63. The first-order valence-electron chi connectivity index (χ1n) is 8.39. The van der Waals surface area contributed by atoms with Crippen molar-refractivity contribution in [2.24, 2.45) is 0 Å². The number of hydrogen-bond acceptors (Lipinski definition) is 4. The maximum atomic E-state index is 12.7. The first-order valence-corrected chi connectivity index (χ1v) is 8.39. The van der Waals surface area contributed by atoms with Crippen molar-refractivity contribution in [1.82, 2.24) is 10.5 Å². The number of carbonyl (C=O) groups excluding carboxylic acids is 1. The van der Waals surface area contributed by atoms with Gasteiger partial charge >= 0.3 is 0 Å². The van der Waals surface area contributed by atoms with Gasteiger partial charge < -0.3 is 14.6 Å². The van der Waals surface area contributed by atoms with Crippen LogP contribution in [-0.4, -0.2) is 17.2 Å². The van der Waals surface area contributed by atoms with E-state index in [-0.39, 0.29) is 17.9 Å². The van der Waals surface area contributed by atoms with Crippen LogP contribution in [0.3, 0.4) is 0 Å². The van der Waals surface area contributed by atoms with E-state index in [1.807, 2.05) is 58.9 Å². The van der Waals surface area contributed by atoms with Gasteiger partial charge in [-0.15, -0.1) is 0 Å². The Morgan fingerprint density at radius 2 is 2.00 bits per heavy atom. The van der Waals surface area contributed by atoms with Crippen molar-refractivity contribution in [1.29, 1.82) is 0 Å². The first-order chi connectivity index (χ1) is 11.4. The molecule has 0 aliphatic carbocycles. The highest BCUT2D eigenvalue weighted by Crippen LogP contribution is 2.27. The second-order valence-electron chi connectivity index (χ2n) is 6.19. The molecule has 1 heterocycles. The molecule has 2 aromatic rings. The average Bonchev–Trinajstić information content (AvgIpc) is 2.87. The third kappa shape index (κ3) is 4.16. The number of hydrogen-bond donors (Lipinski definition) is 1. The quantitative estimate of drug-likeness (QED) is 0.836. The molecule has 1 unspecified atom stereocenters. The van der Waals surface area contributed by atoms with Crippen LogP contribution in [-0.2, 0) is 11.3 Å². The smallest absolute Gasteiger partial charge is 0.228 e. The van der Waals surface area contributed by atoms with E-state index in [4.69, 9.17) is 9.26 Å². The normalized spacial score (nSPS) is 12.2. The number of aromatic nitrogens is 1. The number of aryl methyl sites for hydroxylation is 2. The fourth-order valence-corrected chi connectivity index (χ4v) is 2.83. The lowest BCUT2D eigenvalue weighted by atomic mass is 9.94. The molecule has 2 rings (SSSR count). The molecule has 1 amide bonds. The van der Waals surface area contributed by atoms with Crippen molar-refractivity contribution < 1.29 is 14.1 Å². The summed E-state index contributed by atoms with van der Waals surface area (Å²) >= 11 is 0. The minimum atomic E-state index is -0.255. The Bertz CT molecular complexity index is 672. The lowest BCUT2D eigenvalue weighted by molar-refractivity contribution is -0.122. The summed E-state index contributed by atoms with van der Waals surface area (Å²) in [4.78, 5) is 12.7. The monoisotopic (exact) mass is 330 g/mol. The molecule has 0 aliphatic rings. The van der Waals surface area contributed by atoms with E-state index in [1.54, 1.807) is 0 Å². The molecule has 5 heteroatoms. The van der Waals surface area contributed by atoms with Crippen LogP contribution < -0.4 is 10.1 Å². The molecule has 1 aromatic heterocycles. The molecular formula is C19H26N2O3. The standard InChI is InChI=1S/C19H26N2O3/c1-6-16(18-13(4)21-24-14(18)5)19(22)20-11-15-9-7-8-10-17(15)23-12(2)3/h7-10,12,16H,6,11H2,1-5H3,(H,20,22). The van der Waals surface area contributed by atoms with Gasteiger partial charge in [-0.05, 0) is 40.2 Å². The first kappa shape index (κ1) is 18.0. The van der Waals surface area contributed by atoms with Gasteiger partial charge in [0.1, 0.15) is 11.5 Å². The molecule has 1 atom stereocenters. The Morgan fingerprint density at radius 3 is 2.58 bits per heavy atom. The van der Waals surface area contributed by atoms with Crippen LogP contribution in [0, 0.1) is 13.8 Å². The topological polar surface area (TPSA) is 64.4 Å². The summed E-state index contributed by atoms with van der Waals surface area (Å²) in [6.45, 7) is 10.1. The Hall–Kier alpha value is -2.30. The van der Waals surface area contributed by atoms with E-state index in [0.717, 1.165) is 22.6 Å². The zero-order valence-electron chi connectivity index (χ0n) is 15.1. The molecule has 5 nitrogen and oxygen atoms in total. The van der Waals surface area contributed by atoms with Gasteiger partial charge in [-0.1, -0.05) is 30.3 Å². The number of ether oxygens (including phenoxy) is 1. The number of benzene rings is 1. The Balaban J connectivity index is 2.10. The predicted molar refractivity (Wildman–Crippen MR) is 93.1 cm³/mol. The highest BCUT2D eigenvalue weighted by molar-refractivity contribution is 5.84. The molecule has 0 fully saturated rings. The van der Waals surface area contributed by atoms with Gasteiger partial charge in [-0.2, -0.15) is 0 Å². The van der Waals surface area contributed by atoms with Crippen LogP contribution in [0.1, 0.15) is 55.7 Å². The van der Waals surface area contributed by atoms with Crippen LogP contribution in [0.5, 0.6) is 5.75 Å². The van der Waals surface area contributed by atoms with Gasteiger partial charge in [0, 0.05) is 17.7 Å². The number of rotatable bonds is 7. The van der Waals surface area contributed by atoms with Gasteiger partial charge in [-0.3, -0.25) is 4.79 Å². The van der Waals surface area contributed by atoms with Crippen LogP contribution in [0.25, 0.3) is 0 Å². The second-order valence-corrected chi connectivity index (χ2v) is 6.19. The Labute approximate surface area is 143 Å². The molecule has 1 aromatic carbocycles. The maximum absolute atomic E-state index is 12.7. The van der Waals surface area contributed by atoms with Gasteiger partial charge in [0.2, 0.25) is 5.91 Å². The van der Waals surface area contributed by atoms with E-state index < -0.39 is 0 Å². The number of carbonyl (C=O) groups is 1.